The number of nitrogens with zero attached hydrogens (tertiary/aromatic N) is 4. The molecule has 2 aliphatic rings. The zero-order chi connectivity index (χ0) is 47.3. The Kier molecular flexibility index (Phi) is 15.6. The predicted octanol–water partition coefficient (Wildman–Crippen LogP) is 7.98. The van der Waals surface area contributed by atoms with Crippen LogP contribution in [0.15, 0.2) is 162 Å². The summed E-state index contributed by atoms with van der Waals surface area (Å²) in [6.07, 6.45) is 0. The van der Waals surface area contributed by atoms with Gasteiger partial charge in [-0.05, 0) is 110 Å². The second-order valence-corrected chi connectivity index (χ2v) is 26.6. The summed E-state index contributed by atoms with van der Waals surface area (Å²) in [4.78, 5) is 5.63. The van der Waals surface area contributed by atoms with E-state index in [9.17, 15) is 35.5 Å². The number of anilines is 2. The Balaban J connectivity index is 0.000000197. The molecule has 2 atom stereocenters. The molecule has 0 bridgehead atoms. The quantitative estimate of drug-likeness (QED) is 0.102. The van der Waals surface area contributed by atoms with Gasteiger partial charge in [-0.25, -0.2) is 25.3 Å². The summed E-state index contributed by atoms with van der Waals surface area (Å²) in [5, 5.41) is 24.1. The number of piperazine rings is 2. The first-order chi connectivity index (χ1) is 31.2. The fourth-order valence-corrected chi connectivity index (χ4v) is 15.7. The standard InChI is InChI=1S/C24H28N2O5S3.C24H28N2O3S3/c1-24(2,27)19-10-12-20(13-11-19)26-15-14-25(34(30,31)23-9-6-16-32-23)17-21(26)18-33(28,29)22-7-4-3-5-8-22;1-24(2,27)19-10-12-20(13-11-19)26-15-14-25(32(28,29)23-9-6-16-30-23)17-21(26)18-31-22-7-4-3-5-8-22/h3-13,16,21,27H,14-15,17-18H2,1-2H3;3-13,16,21,27H,14-15,17-18H2,1-2H3/t2*21-/m11/s1. The van der Waals surface area contributed by atoms with Crippen molar-refractivity contribution in [1.29, 1.82) is 0 Å². The molecule has 0 radical (unpaired) electrons. The highest BCUT2D eigenvalue weighted by Gasteiger charge is 2.38. The lowest BCUT2D eigenvalue weighted by molar-refractivity contribution is 0.0780. The van der Waals surface area contributed by atoms with E-state index < -0.39 is 47.1 Å². The minimum absolute atomic E-state index is 0.0247. The smallest absolute Gasteiger partial charge is 0.252 e. The summed E-state index contributed by atoms with van der Waals surface area (Å²) in [7, 11) is -10.8. The minimum atomic E-state index is -3.71. The highest BCUT2D eigenvalue weighted by atomic mass is 32.3. The topological polar surface area (TPSA) is 156 Å². The number of rotatable bonds is 14. The summed E-state index contributed by atoms with van der Waals surface area (Å²) in [6, 6.07) is 39.8. The van der Waals surface area contributed by atoms with Crippen LogP contribution in [0.4, 0.5) is 11.4 Å². The van der Waals surface area contributed by atoms with Gasteiger partial charge in [0.05, 0.1) is 33.9 Å². The van der Waals surface area contributed by atoms with Gasteiger partial charge in [-0.15, -0.1) is 34.4 Å². The first-order valence-corrected chi connectivity index (χ1v) is 28.7. The van der Waals surface area contributed by atoms with E-state index >= 15 is 0 Å². The summed E-state index contributed by atoms with van der Waals surface area (Å²) in [6.45, 7) is 9.10. The monoisotopic (exact) mass is 1010 g/mol. The van der Waals surface area contributed by atoms with Crippen molar-refractivity contribution in [2.45, 2.75) is 69.2 Å². The van der Waals surface area contributed by atoms with Gasteiger partial charge in [0, 0.05) is 61.3 Å². The number of thioether (sulfide) groups is 1. The van der Waals surface area contributed by atoms with E-state index in [2.05, 4.69) is 17.0 Å². The van der Waals surface area contributed by atoms with Crippen LogP contribution in [0.2, 0.25) is 0 Å². The van der Waals surface area contributed by atoms with E-state index in [0.717, 1.165) is 39.6 Å². The molecule has 0 spiro atoms. The van der Waals surface area contributed by atoms with E-state index in [1.807, 2.05) is 71.6 Å². The van der Waals surface area contributed by atoms with Crippen molar-refractivity contribution in [1.82, 2.24) is 8.61 Å². The number of benzene rings is 4. The third-order valence-electron chi connectivity index (χ3n) is 11.6. The van der Waals surface area contributed by atoms with Crippen molar-refractivity contribution in [3.63, 3.8) is 0 Å². The van der Waals surface area contributed by atoms with Crippen molar-refractivity contribution >= 4 is 75.7 Å². The van der Waals surface area contributed by atoms with E-state index in [1.165, 1.54) is 20.5 Å². The van der Waals surface area contributed by atoms with Gasteiger partial charge in [-0.2, -0.15) is 8.61 Å². The molecular formula is C48H56N4O8S6. The van der Waals surface area contributed by atoms with Gasteiger partial charge < -0.3 is 20.0 Å². The zero-order valence-corrected chi connectivity index (χ0v) is 42.1. The van der Waals surface area contributed by atoms with Crippen LogP contribution in [0.1, 0.15) is 38.8 Å². The maximum Gasteiger partial charge on any atom is 0.252 e. The molecule has 6 aromatic rings. The van der Waals surface area contributed by atoms with Crippen molar-refractivity contribution < 1.29 is 35.5 Å². The minimum Gasteiger partial charge on any atom is -0.386 e. The summed E-state index contributed by atoms with van der Waals surface area (Å²) in [5.74, 6) is 0.550. The van der Waals surface area contributed by atoms with Gasteiger partial charge in [0.1, 0.15) is 8.42 Å². The van der Waals surface area contributed by atoms with Crippen LogP contribution in [-0.4, -0.2) is 107 Å². The van der Waals surface area contributed by atoms with Crippen LogP contribution in [0.5, 0.6) is 0 Å². The van der Waals surface area contributed by atoms with Crippen molar-refractivity contribution in [2.24, 2.45) is 0 Å². The molecule has 4 aromatic carbocycles. The molecule has 0 aliphatic carbocycles. The largest absolute Gasteiger partial charge is 0.386 e. The van der Waals surface area contributed by atoms with E-state index in [4.69, 9.17) is 0 Å². The second kappa shape index (κ2) is 20.6. The third-order valence-corrected chi connectivity index (χ3v) is 21.0. The Morgan fingerprint density at radius 3 is 1.39 bits per heavy atom. The SMILES string of the molecule is CC(C)(O)c1ccc(N2CCN(S(=O)(=O)c3cccs3)C[C@@H]2CS(=O)(=O)c2ccccc2)cc1.CC(C)(O)c1ccc(N2CCN(S(=O)(=O)c3cccs3)C[C@@H]2CSc2ccccc2)cc1. The van der Waals surface area contributed by atoms with Crippen LogP contribution in [0.3, 0.4) is 0 Å². The zero-order valence-electron chi connectivity index (χ0n) is 37.3. The fraction of sp³-hybridized carbons (Fsp3) is 0.333. The lowest BCUT2D eigenvalue weighted by atomic mass is 9.98. The summed E-state index contributed by atoms with van der Waals surface area (Å²) in [5.41, 5.74) is 1.54. The summed E-state index contributed by atoms with van der Waals surface area (Å²) < 4.78 is 82.7. The third kappa shape index (κ3) is 12.0. The van der Waals surface area contributed by atoms with Crippen LogP contribution < -0.4 is 9.80 Å². The number of aliphatic hydroxyl groups is 2. The van der Waals surface area contributed by atoms with Crippen LogP contribution in [0.25, 0.3) is 0 Å². The Morgan fingerprint density at radius 1 is 0.545 bits per heavy atom. The number of thiophene rings is 2. The first-order valence-electron chi connectivity index (χ1n) is 21.5. The number of sulfonamides is 2. The number of hydrogen-bond donors (Lipinski definition) is 2. The van der Waals surface area contributed by atoms with Gasteiger partial charge >= 0.3 is 0 Å². The summed E-state index contributed by atoms with van der Waals surface area (Å²) >= 11 is 4.16. The van der Waals surface area contributed by atoms with Crippen LogP contribution in [-0.2, 0) is 41.1 Å². The van der Waals surface area contributed by atoms with E-state index in [-0.39, 0.29) is 34.0 Å². The fourth-order valence-electron chi connectivity index (χ4n) is 7.94. The molecule has 0 amide bonds. The maximum atomic E-state index is 13.2. The molecule has 2 saturated heterocycles. The molecule has 8 rings (SSSR count). The average Bonchev–Trinajstić information content (AvgIpc) is 4.06. The second-order valence-electron chi connectivity index (χ2n) is 17.2. The molecule has 66 heavy (non-hydrogen) atoms. The Labute approximate surface area is 402 Å². The lowest BCUT2D eigenvalue weighted by Crippen LogP contribution is -2.57. The van der Waals surface area contributed by atoms with Gasteiger partial charge in [-0.3, -0.25) is 0 Å². The Bertz CT molecular complexity index is 2820. The maximum absolute atomic E-state index is 13.2. The van der Waals surface area contributed by atoms with E-state index in [1.54, 1.807) is 109 Å². The van der Waals surface area contributed by atoms with Gasteiger partial charge in [0.25, 0.3) is 20.0 Å². The molecule has 0 unspecified atom stereocenters. The van der Waals surface area contributed by atoms with Gasteiger partial charge in [-0.1, -0.05) is 72.8 Å². The average molecular weight is 1010 g/mol. The van der Waals surface area contributed by atoms with Gasteiger partial charge in [0.2, 0.25) is 0 Å². The normalized spacial score (nSPS) is 18.2. The molecule has 18 heteroatoms. The Hall–Kier alpha value is -4.08. The highest BCUT2D eigenvalue weighted by molar-refractivity contribution is 7.99. The first kappa shape index (κ1) is 49.8. The molecule has 12 nitrogen and oxygen atoms in total. The molecule has 2 aromatic heterocycles. The van der Waals surface area contributed by atoms with Crippen molar-refractivity contribution in [3.8, 4) is 0 Å². The lowest BCUT2D eigenvalue weighted by Gasteiger charge is -2.42. The van der Waals surface area contributed by atoms with Crippen LogP contribution >= 0.6 is 34.4 Å². The molecule has 2 fully saturated rings. The Morgan fingerprint density at radius 2 is 0.970 bits per heavy atom. The van der Waals surface area contributed by atoms with Gasteiger partial charge in [0.15, 0.2) is 9.84 Å². The van der Waals surface area contributed by atoms with E-state index in [0.29, 0.717) is 30.4 Å². The molecule has 0 saturated carbocycles. The molecule has 4 heterocycles. The van der Waals surface area contributed by atoms with Crippen molar-refractivity contribution in [3.05, 3.63) is 155 Å². The van der Waals surface area contributed by atoms with Crippen LogP contribution in [0, 0.1) is 0 Å². The molecular weight excluding hydrogens is 953 g/mol. The molecule has 2 aliphatic heterocycles. The number of hydrogen-bond acceptors (Lipinski definition) is 13. The van der Waals surface area contributed by atoms with Crippen molar-refractivity contribution in [2.75, 3.05) is 60.6 Å². The molecule has 2 N–H and O–H groups in total. The molecule has 352 valence electrons. The number of sulfone groups is 1. The predicted molar refractivity (Wildman–Crippen MR) is 267 cm³/mol. The highest BCUT2D eigenvalue weighted by Crippen LogP contribution is 2.33.